The van der Waals surface area contributed by atoms with Gasteiger partial charge in [-0.3, -0.25) is 14.6 Å². The monoisotopic (exact) mass is 409 g/mol. The first-order valence-electron chi connectivity index (χ1n) is 10.5. The minimum atomic E-state index is -0.625. The Morgan fingerprint density at radius 3 is 2.57 bits per heavy atom. The van der Waals surface area contributed by atoms with Gasteiger partial charge in [-0.25, -0.2) is 0 Å². The lowest BCUT2D eigenvalue weighted by Crippen LogP contribution is -2.44. The Hall–Kier alpha value is -2.73. The number of nitrogens with zero attached hydrogens (tertiary/aromatic N) is 2. The van der Waals surface area contributed by atoms with E-state index in [0.29, 0.717) is 24.9 Å². The number of aryl methyl sites for hydroxylation is 1. The van der Waals surface area contributed by atoms with Gasteiger partial charge in [-0.2, -0.15) is 0 Å². The summed E-state index contributed by atoms with van der Waals surface area (Å²) in [5.41, 5.74) is 2.34. The number of carbonyl (C=O) groups excluding carboxylic acids is 2. The summed E-state index contributed by atoms with van der Waals surface area (Å²) in [5, 5.41) is 13.9. The van der Waals surface area contributed by atoms with Crippen LogP contribution in [0.25, 0.3) is 0 Å². The SMILES string of the molecule is CC(=O)NC[C@]1(c2ccccc2)CC[C@@H](O)[C@H](N(C)C(=O)c2cncc(C)c2)CC1. The maximum absolute atomic E-state index is 13.0. The van der Waals surface area contributed by atoms with Gasteiger partial charge in [0.25, 0.3) is 5.91 Å². The fourth-order valence-electron chi connectivity index (χ4n) is 4.49. The van der Waals surface area contributed by atoms with Gasteiger partial charge in [-0.05, 0) is 49.8 Å². The first kappa shape index (κ1) is 22.0. The molecule has 2 aromatic rings. The van der Waals surface area contributed by atoms with Crippen molar-refractivity contribution < 1.29 is 14.7 Å². The molecule has 2 amide bonds. The van der Waals surface area contributed by atoms with Crippen LogP contribution >= 0.6 is 0 Å². The van der Waals surface area contributed by atoms with Gasteiger partial charge in [0.15, 0.2) is 0 Å². The molecule has 0 bridgehead atoms. The molecule has 3 rings (SSSR count). The van der Waals surface area contributed by atoms with Crippen LogP contribution in [0, 0.1) is 6.92 Å². The molecule has 0 aliphatic heterocycles. The van der Waals surface area contributed by atoms with Crippen molar-refractivity contribution in [1.29, 1.82) is 0 Å². The van der Waals surface area contributed by atoms with Crippen LogP contribution in [-0.2, 0) is 10.2 Å². The van der Waals surface area contributed by atoms with Crippen molar-refractivity contribution in [3.63, 3.8) is 0 Å². The number of rotatable bonds is 5. The molecule has 0 radical (unpaired) electrons. The number of amides is 2. The maximum Gasteiger partial charge on any atom is 0.255 e. The Kier molecular flexibility index (Phi) is 6.87. The van der Waals surface area contributed by atoms with Crippen LogP contribution in [0.1, 0.15) is 54.1 Å². The summed E-state index contributed by atoms with van der Waals surface area (Å²) in [6.45, 7) is 3.95. The molecule has 1 aromatic heterocycles. The highest BCUT2D eigenvalue weighted by Crippen LogP contribution is 2.39. The van der Waals surface area contributed by atoms with Crippen LogP contribution < -0.4 is 5.32 Å². The van der Waals surface area contributed by atoms with E-state index in [2.05, 4.69) is 22.4 Å². The number of carbonyl (C=O) groups is 2. The zero-order chi connectivity index (χ0) is 21.7. The first-order valence-corrected chi connectivity index (χ1v) is 10.5. The van der Waals surface area contributed by atoms with E-state index in [9.17, 15) is 14.7 Å². The van der Waals surface area contributed by atoms with Gasteiger partial charge in [0.1, 0.15) is 0 Å². The molecule has 1 aromatic carbocycles. The predicted molar refractivity (Wildman–Crippen MR) is 116 cm³/mol. The number of benzene rings is 1. The minimum absolute atomic E-state index is 0.0640. The van der Waals surface area contributed by atoms with Crippen LogP contribution in [0.5, 0.6) is 0 Å². The molecule has 30 heavy (non-hydrogen) atoms. The zero-order valence-corrected chi connectivity index (χ0v) is 18.0. The second-order valence-corrected chi connectivity index (χ2v) is 8.44. The van der Waals surface area contributed by atoms with Crippen LogP contribution in [0.15, 0.2) is 48.8 Å². The van der Waals surface area contributed by atoms with Crippen molar-refractivity contribution in [1.82, 2.24) is 15.2 Å². The lowest BCUT2D eigenvalue weighted by Gasteiger charge is -2.34. The molecule has 1 fully saturated rings. The molecule has 160 valence electrons. The smallest absolute Gasteiger partial charge is 0.255 e. The molecule has 6 heteroatoms. The molecule has 1 saturated carbocycles. The number of aromatic nitrogens is 1. The number of hydrogen-bond acceptors (Lipinski definition) is 4. The number of nitrogens with one attached hydrogen (secondary N) is 1. The summed E-state index contributed by atoms with van der Waals surface area (Å²) in [7, 11) is 1.75. The summed E-state index contributed by atoms with van der Waals surface area (Å²) >= 11 is 0. The lowest BCUT2D eigenvalue weighted by molar-refractivity contribution is -0.119. The van der Waals surface area contributed by atoms with E-state index in [1.807, 2.05) is 31.2 Å². The summed E-state index contributed by atoms with van der Waals surface area (Å²) in [5.74, 6) is -0.199. The van der Waals surface area contributed by atoms with Crippen LogP contribution in [0.3, 0.4) is 0 Å². The molecule has 0 unspecified atom stereocenters. The standard InChI is InChI=1S/C24H31N3O3/c1-17-13-19(15-25-14-17)23(30)27(3)21-9-11-24(12-10-22(21)29,16-26-18(2)28)20-7-5-4-6-8-20/h4-8,13-15,21-22,29H,9-12,16H2,1-3H3,(H,26,28)/t21-,22-,24-/m1/s1. The van der Waals surface area contributed by atoms with E-state index in [1.54, 1.807) is 24.3 Å². The minimum Gasteiger partial charge on any atom is -0.391 e. The first-order chi connectivity index (χ1) is 14.3. The van der Waals surface area contributed by atoms with E-state index in [4.69, 9.17) is 0 Å². The normalized spacial score (nSPS) is 24.0. The summed E-state index contributed by atoms with van der Waals surface area (Å²) < 4.78 is 0. The zero-order valence-electron chi connectivity index (χ0n) is 18.0. The fraction of sp³-hybridized carbons (Fsp3) is 0.458. The highest BCUT2D eigenvalue weighted by molar-refractivity contribution is 5.94. The molecule has 3 atom stereocenters. The number of hydrogen-bond donors (Lipinski definition) is 2. The Labute approximate surface area is 178 Å². The lowest BCUT2D eigenvalue weighted by atomic mass is 9.74. The van der Waals surface area contributed by atoms with E-state index >= 15 is 0 Å². The quantitative estimate of drug-likeness (QED) is 0.744. The maximum atomic E-state index is 13.0. The van der Waals surface area contributed by atoms with Crippen LogP contribution in [0.4, 0.5) is 0 Å². The van der Waals surface area contributed by atoms with E-state index in [-0.39, 0.29) is 23.3 Å². The van der Waals surface area contributed by atoms with Crippen molar-refractivity contribution in [2.45, 2.75) is 57.1 Å². The van der Waals surface area contributed by atoms with Gasteiger partial charge >= 0.3 is 0 Å². The van der Waals surface area contributed by atoms with Crippen molar-refractivity contribution in [2.75, 3.05) is 13.6 Å². The largest absolute Gasteiger partial charge is 0.391 e. The molecule has 1 aliphatic rings. The number of likely N-dealkylation sites (N-methyl/N-ethyl adjacent to an activating group) is 1. The van der Waals surface area contributed by atoms with Gasteiger partial charge in [-0.15, -0.1) is 0 Å². The average Bonchev–Trinajstić information content (AvgIpc) is 2.91. The third kappa shape index (κ3) is 4.87. The van der Waals surface area contributed by atoms with Crippen LogP contribution in [-0.4, -0.2) is 52.5 Å². The van der Waals surface area contributed by atoms with E-state index < -0.39 is 6.10 Å². The number of aliphatic hydroxyl groups is 1. The molecular weight excluding hydrogens is 378 g/mol. The Morgan fingerprint density at radius 2 is 1.90 bits per heavy atom. The third-order valence-corrected chi connectivity index (χ3v) is 6.28. The number of pyridine rings is 1. The molecule has 1 aliphatic carbocycles. The molecule has 0 saturated heterocycles. The number of aliphatic hydroxyl groups excluding tert-OH is 1. The van der Waals surface area contributed by atoms with Crippen molar-refractivity contribution in [3.8, 4) is 0 Å². The van der Waals surface area contributed by atoms with E-state index in [1.165, 1.54) is 6.92 Å². The third-order valence-electron chi connectivity index (χ3n) is 6.28. The van der Waals surface area contributed by atoms with Crippen molar-refractivity contribution >= 4 is 11.8 Å². The molecule has 1 heterocycles. The second-order valence-electron chi connectivity index (χ2n) is 8.44. The Balaban J connectivity index is 1.83. The Morgan fingerprint density at radius 1 is 1.20 bits per heavy atom. The molecular formula is C24H31N3O3. The predicted octanol–water partition coefficient (Wildman–Crippen LogP) is 2.84. The van der Waals surface area contributed by atoms with Crippen LogP contribution in [0.2, 0.25) is 0 Å². The van der Waals surface area contributed by atoms with Crippen molar-refractivity contribution in [2.24, 2.45) is 0 Å². The average molecular weight is 410 g/mol. The molecule has 0 spiro atoms. The summed E-state index contributed by atoms with van der Waals surface area (Å²) in [6, 6.07) is 11.7. The highest BCUT2D eigenvalue weighted by Gasteiger charge is 2.40. The van der Waals surface area contributed by atoms with Gasteiger partial charge in [0.2, 0.25) is 5.91 Å². The van der Waals surface area contributed by atoms with Gasteiger partial charge in [0, 0.05) is 38.3 Å². The van der Waals surface area contributed by atoms with Crippen molar-refractivity contribution in [3.05, 3.63) is 65.5 Å². The van der Waals surface area contributed by atoms with E-state index in [0.717, 1.165) is 24.0 Å². The fourth-order valence-corrected chi connectivity index (χ4v) is 4.49. The van der Waals surface area contributed by atoms with Gasteiger partial charge < -0.3 is 15.3 Å². The van der Waals surface area contributed by atoms with Gasteiger partial charge in [-0.1, -0.05) is 30.3 Å². The van der Waals surface area contributed by atoms with Gasteiger partial charge in [0.05, 0.1) is 17.7 Å². The Bertz CT molecular complexity index is 886. The topological polar surface area (TPSA) is 82.5 Å². The highest BCUT2D eigenvalue weighted by atomic mass is 16.3. The second kappa shape index (κ2) is 9.39. The molecule has 2 N–H and O–H groups in total. The summed E-state index contributed by atoms with van der Waals surface area (Å²) in [6.07, 6.45) is 5.37. The molecule has 6 nitrogen and oxygen atoms in total. The summed E-state index contributed by atoms with van der Waals surface area (Å²) in [4.78, 5) is 30.4.